The van der Waals surface area contributed by atoms with Crippen molar-refractivity contribution in [1.82, 2.24) is 10.6 Å². The first kappa shape index (κ1) is 15.7. The highest BCUT2D eigenvalue weighted by molar-refractivity contribution is 5.86. The maximum absolute atomic E-state index is 11.3. The molecular weight excluding hydrogens is 246 g/mol. The van der Waals surface area contributed by atoms with E-state index in [-0.39, 0.29) is 6.42 Å². The molecule has 0 bridgehead atoms. The first-order valence-electron chi connectivity index (χ1n) is 5.02. The summed E-state index contributed by atoms with van der Waals surface area (Å²) in [4.78, 5) is 42.9. The summed E-state index contributed by atoms with van der Waals surface area (Å²) in [5.74, 6) is -3.44. The quantitative estimate of drug-likeness (QED) is 0.374. The highest BCUT2D eigenvalue weighted by atomic mass is 16.4. The molecule has 0 aliphatic rings. The van der Waals surface area contributed by atoms with Crippen LogP contribution < -0.4 is 16.4 Å². The lowest BCUT2D eigenvalue weighted by Gasteiger charge is -2.16. The van der Waals surface area contributed by atoms with E-state index in [9.17, 15) is 19.2 Å². The van der Waals surface area contributed by atoms with Crippen molar-refractivity contribution in [2.24, 2.45) is 5.73 Å². The summed E-state index contributed by atoms with van der Waals surface area (Å²) in [7, 11) is 0. The summed E-state index contributed by atoms with van der Waals surface area (Å²) in [5.41, 5.74) is 4.90. The van der Waals surface area contributed by atoms with Crippen LogP contribution in [0.2, 0.25) is 0 Å². The number of urea groups is 1. The number of amides is 3. The zero-order valence-electron chi connectivity index (χ0n) is 9.67. The molecule has 0 heterocycles. The Morgan fingerprint density at radius 1 is 1.11 bits per heavy atom. The highest BCUT2D eigenvalue weighted by Gasteiger charge is 2.23. The van der Waals surface area contributed by atoms with E-state index in [1.54, 1.807) is 0 Å². The maximum Gasteiger partial charge on any atom is 0.326 e. The molecule has 0 aromatic heterocycles. The van der Waals surface area contributed by atoms with Gasteiger partial charge < -0.3 is 26.6 Å². The Balaban J connectivity index is 4.29. The summed E-state index contributed by atoms with van der Waals surface area (Å²) in [6.45, 7) is 1.50. The standard InChI is InChI=1S/C9H15N3O6/c1-4(2-6(10)13)11-9(18)12-5(8(16)17)3-7(14)15/h4-5H,2-3H2,1H3,(H2,10,13)(H,14,15)(H,16,17)(H2,11,12,18)/t4?,5-/m0/s1. The highest BCUT2D eigenvalue weighted by Crippen LogP contribution is 1.94. The van der Waals surface area contributed by atoms with Crippen LogP contribution in [0.25, 0.3) is 0 Å². The van der Waals surface area contributed by atoms with Gasteiger partial charge in [-0.2, -0.15) is 0 Å². The van der Waals surface area contributed by atoms with Gasteiger partial charge in [0.2, 0.25) is 5.91 Å². The van der Waals surface area contributed by atoms with Crippen LogP contribution in [0, 0.1) is 0 Å². The lowest BCUT2D eigenvalue weighted by molar-refractivity contribution is -0.145. The molecular formula is C9H15N3O6. The predicted octanol–water partition coefficient (Wildman–Crippen LogP) is -1.52. The zero-order chi connectivity index (χ0) is 14.3. The molecule has 0 aliphatic carbocycles. The number of nitrogens with two attached hydrogens (primary N) is 1. The largest absolute Gasteiger partial charge is 0.481 e. The smallest absolute Gasteiger partial charge is 0.326 e. The molecule has 0 aromatic rings. The third kappa shape index (κ3) is 7.04. The molecule has 9 nitrogen and oxygen atoms in total. The van der Waals surface area contributed by atoms with Crippen LogP contribution in [0.3, 0.4) is 0 Å². The van der Waals surface area contributed by atoms with Gasteiger partial charge in [0, 0.05) is 12.5 Å². The summed E-state index contributed by atoms with van der Waals surface area (Å²) >= 11 is 0. The van der Waals surface area contributed by atoms with Gasteiger partial charge in [0.25, 0.3) is 0 Å². The van der Waals surface area contributed by atoms with Crippen LogP contribution in [-0.4, -0.2) is 46.2 Å². The lowest BCUT2D eigenvalue weighted by atomic mass is 10.2. The van der Waals surface area contributed by atoms with E-state index in [4.69, 9.17) is 15.9 Å². The topological polar surface area (TPSA) is 159 Å². The Morgan fingerprint density at radius 3 is 2.06 bits per heavy atom. The van der Waals surface area contributed by atoms with Crippen molar-refractivity contribution in [1.29, 1.82) is 0 Å². The molecule has 6 N–H and O–H groups in total. The predicted molar refractivity (Wildman–Crippen MR) is 58.6 cm³/mol. The Morgan fingerprint density at radius 2 is 1.67 bits per heavy atom. The summed E-state index contributed by atoms with van der Waals surface area (Å²) in [6, 6.07) is -3.00. The Labute approximate surface area is 102 Å². The first-order valence-corrected chi connectivity index (χ1v) is 5.02. The Hall–Kier alpha value is -2.32. The maximum atomic E-state index is 11.3. The van der Waals surface area contributed by atoms with Crippen molar-refractivity contribution in [3.8, 4) is 0 Å². The molecule has 2 atom stereocenters. The van der Waals surface area contributed by atoms with E-state index in [1.165, 1.54) is 6.92 Å². The molecule has 1 unspecified atom stereocenters. The van der Waals surface area contributed by atoms with Crippen molar-refractivity contribution in [3.05, 3.63) is 0 Å². The van der Waals surface area contributed by atoms with E-state index in [1.807, 2.05) is 5.32 Å². The van der Waals surface area contributed by atoms with Gasteiger partial charge in [-0.25, -0.2) is 9.59 Å². The normalized spacial score (nSPS) is 13.2. The molecule has 0 saturated carbocycles. The minimum absolute atomic E-state index is 0.107. The molecule has 102 valence electrons. The summed E-state index contributed by atoms with van der Waals surface area (Å²) in [6.07, 6.45) is -0.850. The number of aliphatic carboxylic acids is 2. The van der Waals surface area contributed by atoms with Crippen molar-refractivity contribution >= 4 is 23.9 Å². The minimum atomic E-state index is -1.54. The molecule has 0 fully saturated rings. The molecule has 0 aromatic carbocycles. The second-order valence-corrected chi connectivity index (χ2v) is 3.68. The Bertz CT molecular complexity index is 356. The van der Waals surface area contributed by atoms with Crippen LogP contribution >= 0.6 is 0 Å². The van der Waals surface area contributed by atoms with Crippen molar-refractivity contribution in [3.63, 3.8) is 0 Å². The first-order chi connectivity index (χ1) is 8.22. The molecule has 18 heavy (non-hydrogen) atoms. The van der Waals surface area contributed by atoms with Crippen molar-refractivity contribution in [2.75, 3.05) is 0 Å². The van der Waals surface area contributed by atoms with E-state index in [0.29, 0.717) is 0 Å². The van der Waals surface area contributed by atoms with Crippen LogP contribution in [0.15, 0.2) is 0 Å². The number of carboxylic acid groups (broad SMARTS) is 2. The van der Waals surface area contributed by atoms with Crippen LogP contribution in [0.4, 0.5) is 4.79 Å². The van der Waals surface area contributed by atoms with Crippen LogP contribution in [0.5, 0.6) is 0 Å². The van der Waals surface area contributed by atoms with E-state index < -0.39 is 42.4 Å². The molecule has 0 aliphatic heterocycles. The fourth-order valence-electron chi connectivity index (χ4n) is 1.15. The minimum Gasteiger partial charge on any atom is -0.481 e. The van der Waals surface area contributed by atoms with E-state index >= 15 is 0 Å². The van der Waals surface area contributed by atoms with Gasteiger partial charge in [-0.05, 0) is 6.92 Å². The van der Waals surface area contributed by atoms with E-state index in [0.717, 1.165) is 0 Å². The third-order valence-electron chi connectivity index (χ3n) is 1.87. The Kier molecular flexibility index (Phi) is 6.18. The van der Waals surface area contributed by atoms with Gasteiger partial charge in [0.1, 0.15) is 6.04 Å². The number of hydrogen-bond donors (Lipinski definition) is 5. The molecule has 0 rings (SSSR count). The fourth-order valence-corrected chi connectivity index (χ4v) is 1.15. The second-order valence-electron chi connectivity index (χ2n) is 3.68. The third-order valence-corrected chi connectivity index (χ3v) is 1.87. The molecule has 0 saturated heterocycles. The number of primary amides is 1. The average molecular weight is 261 g/mol. The van der Waals surface area contributed by atoms with Gasteiger partial charge in [-0.1, -0.05) is 0 Å². The lowest BCUT2D eigenvalue weighted by Crippen LogP contribution is -2.49. The van der Waals surface area contributed by atoms with Gasteiger partial charge in [0.15, 0.2) is 0 Å². The summed E-state index contributed by atoms with van der Waals surface area (Å²) in [5, 5.41) is 21.4. The number of carbonyl (C=O) groups excluding carboxylic acids is 2. The number of carboxylic acids is 2. The zero-order valence-corrected chi connectivity index (χ0v) is 9.67. The van der Waals surface area contributed by atoms with Gasteiger partial charge in [0.05, 0.1) is 6.42 Å². The average Bonchev–Trinajstić information content (AvgIpc) is 2.13. The van der Waals surface area contributed by atoms with Crippen molar-refractivity contribution < 1.29 is 29.4 Å². The number of nitrogens with one attached hydrogen (secondary N) is 2. The van der Waals surface area contributed by atoms with E-state index in [2.05, 4.69) is 5.32 Å². The second kappa shape index (κ2) is 7.09. The SMILES string of the molecule is CC(CC(N)=O)NC(=O)N[C@@H](CC(=O)O)C(=O)O. The molecule has 9 heteroatoms. The van der Waals surface area contributed by atoms with Crippen molar-refractivity contribution in [2.45, 2.75) is 31.8 Å². The van der Waals surface area contributed by atoms with Crippen LogP contribution in [-0.2, 0) is 14.4 Å². The molecule has 3 amide bonds. The summed E-state index contributed by atoms with van der Waals surface area (Å²) < 4.78 is 0. The van der Waals surface area contributed by atoms with Crippen LogP contribution in [0.1, 0.15) is 19.8 Å². The van der Waals surface area contributed by atoms with Gasteiger partial charge >= 0.3 is 18.0 Å². The van der Waals surface area contributed by atoms with Gasteiger partial charge in [-0.15, -0.1) is 0 Å². The number of hydrogen-bond acceptors (Lipinski definition) is 4. The molecule has 0 spiro atoms. The fraction of sp³-hybridized carbons (Fsp3) is 0.556. The monoisotopic (exact) mass is 261 g/mol. The number of rotatable bonds is 7. The van der Waals surface area contributed by atoms with Gasteiger partial charge in [-0.3, -0.25) is 9.59 Å². The number of carbonyl (C=O) groups is 4. The molecule has 0 radical (unpaired) electrons.